The Bertz CT molecular complexity index is 720. The molecule has 0 saturated heterocycles. The van der Waals surface area contributed by atoms with E-state index in [-0.39, 0.29) is 16.8 Å². The molecule has 7 nitrogen and oxygen atoms in total. The lowest BCUT2D eigenvalue weighted by molar-refractivity contribution is -0.383. The Labute approximate surface area is 107 Å². The summed E-state index contributed by atoms with van der Waals surface area (Å²) in [7, 11) is 1.23. The quantitative estimate of drug-likeness (QED) is 0.671. The summed E-state index contributed by atoms with van der Waals surface area (Å²) in [6, 6.07) is 4.29. The number of ether oxygens (including phenoxy) is 1. The number of nitro groups is 1. The zero-order valence-corrected chi connectivity index (χ0v) is 10.4. The summed E-state index contributed by atoms with van der Waals surface area (Å²) < 4.78 is 6.18. The predicted octanol–water partition coefficient (Wildman–Crippen LogP) is 1.64. The number of fused-ring (bicyclic) bond motifs is 1. The first-order valence-corrected chi connectivity index (χ1v) is 5.59. The third-order valence-corrected chi connectivity index (χ3v) is 2.92. The molecule has 1 N–H and O–H groups in total. The summed E-state index contributed by atoms with van der Waals surface area (Å²) in [5.74, 6) is -0.789. The second-order valence-corrected chi connectivity index (χ2v) is 3.86. The lowest BCUT2D eigenvalue weighted by Crippen LogP contribution is -2.21. The normalized spacial score (nSPS) is 10.6. The Balaban J connectivity index is 3.08. The molecule has 0 fully saturated rings. The maximum Gasteiger partial charge on any atom is 0.297 e. The van der Waals surface area contributed by atoms with Crippen molar-refractivity contribution in [2.45, 2.75) is 13.5 Å². The van der Waals surface area contributed by atoms with Gasteiger partial charge >= 0.3 is 0 Å². The molecule has 1 aromatic carbocycles. The molecular formula is C12H12N2O5. The van der Waals surface area contributed by atoms with Crippen LogP contribution in [0.1, 0.15) is 6.92 Å². The summed E-state index contributed by atoms with van der Waals surface area (Å²) in [4.78, 5) is 22.5. The minimum absolute atomic E-state index is 0.00537. The Hall–Kier alpha value is -2.57. The molecule has 7 heteroatoms. The highest BCUT2D eigenvalue weighted by molar-refractivity contribution is 5.95. The van der Waals surface area contributed by atoms with Gasteiger partial charge in [-0.2, -0.15) is 0 Å². The third-order valence-electron chi connectivity index (χ3n) is 2.92. The lowest BCUT2D eigenvalue weighted by Gasteiger charge is -2.12. The van der Waals surface area contributed by atoms with Gasteiger partial charge in [-0.15, -0.1) is 0 Å². The number of non-ortho nitro benzene ring substituents is 1. The molecule has 2 rings (SSSR count). The van der Waals surface area contributed by atoms with Crippen LogP contribution in [0.25, 0.3) is 10.9 Å². The van der Waals surface area contributed by atoms with E-state index in [0.717, 1.165) is 0 Å². The first kappa shape index (κ1) is 12.9. The van der Waals surface area contributed by atoms with Crippen molar-refractivity contribution in [3.05, 3.63) is 38.7 Å². The van der Waals surface area contributed by atoms with Gasteiger partial charge in [0, 0.05) is 12.6 Å². The van der Waals surface area contributed by atoms with Gasteiger partial charge in [-0.1, -0.05) is 6.07 Å². The molecule has 1 aromatic heterocycles. The van der Waals surface area contributed by atoms with Crippen LogP contribution in [0.5, 0.6) is 11.5 Å². The van der Waals surface area contributed by atoms with E-state index in [1.54, 1.807) is 13.0 Å². The minimum Gasteiger partial charge on any atom is -0.503 e. The number of nitro benzene ring substituents is 1. The van der Waals surface area contributed by atoms with Gasteiger partial charge < -0.3 is 14.4 Å². The van der Waals surface area contributed by atoms with Crippen molar-refractivity contribution in [2.75, 3.05) is 7.11 Å². The molecule has 0 amide bonds. The van der Waals surface area contributed by atoms with Crippen molar-refractivity contribution < 1.29 is 14.8 Å². The van der Waals surface area contributed by atoms with Crippen LogP contribution >= 0.6 is 0 Å². The SMILES string of the molecule is CCn1c(=O)c(OC)c(O)c2c([N+](=O)[O-])cccc21. The molecule has 0 bridgehead atoms. The van der Waals surface area contributed by atoms with E-state index < -0.39 is 16.2 Å². The van der Waals surface area contributed by atoms with Crippen LogP contribution in [0.3, 0.4) is 0 Å². The Morgan fingerprint density at radius 3 is 2.68 bits per heavy atom. The van der Waals surface area contributed by atoms with E-state index in [4.69, 9.17) is 4.74 Å². The van der Waals surface area contributed by atoms with E-state index in [0.29, 0.717) is 12.1 Å². The van der Waals surface area contributed by atoms with Crippen LogP contribution in [0.15, 0.2) is 23.0 Å². The molecule has 2 aromatic rings. The largest absolute Gasteiger partial charge is 0.503 e. The molecule has 0 aliphatic carbocycles. The molecule has 0 aliphatic heterocycles. The van der Waals surface area contributed by atoms with Gasteiger partial charge in [0.25, 0.3) is 11.2 Å². The average Bonchev–Trinajstić information content (AvgIpc) is 2.39. The fourth-order valence-corrected chi connectivity index (χ4v) is 2.09. The molecule has 19 heavy (non-hydrogen) atoms. The minimum atomic E-state index is -0.605. The van der Waals surface area contributed by atoms with E-state index >= 15 is 0 Å². The number of nitrogens with zero attached hydrogens (tertiary/aromatic N) is 2. The second-order valence-electron chi connectivity index (χ2n) is 3.86. The van der Waals surface area contributed by atoms with E-state index in [1.165, 1.54) is 23.8 Å². The van der Waals surface area contributed by atoms with Crippen molar-refractivity contribution in [1.29, 1.82) is 0 Å². The van der Waals surface area contributed by atoms with Crippen molar-refractivity contribution in [2.24, 2.45) is 0 Å². The maximum atomic E-state index is 12.1. The van der Waals surface area contributed by atoms with Crippen molar-refractivity contribution in [3.8, 4) is 11.5 Å². The molecule has 0 spiro atoms. The summed E-state index contributed by atoms with van der Waals surface area (Å²) in [6.45, 7) is 2.04. The van der Waals surface area contributed by atoms with Gasteiger partial charge in [-0.3, -0.25) is 14.9 Å². The first-order chi connectivity index (χ1) is 9.02. The number of pyridine rings is 1. The Morgan fingerprint density at radius 1 is 1.47 bits per heavy atom. The Morgan fingerprint density at radius 2 is 2.16 bits per heavy atom. The highest BCUT2D eigenvalue weighted by Gasteiger charge is 2.23. The van der Waals surface area contributed by atoms with Crippen LogP contribution in [0, 0.1) is 10.1 Å². The van der Waals surface area contributed by atoms with Gasteiger partial charge in [0.15, 0.2) is 5.75 Å². The number of aromatic nitrogens is 1. The number of methoxy groups -OCH3 is 1. The zero-order chi connectivity index (χ0) is 14.2. The van der Waals surface area contributed by atoms with Crippen LogP contribution in [-0.2, 0) is 6.54 Å². The van der Waals surface area contributed by atoms with Gasteiger partial charge in [-0.25, -0.2) is 0 Å². The zero-order valence-electron chi connectivity index (χ0n) is 10.4. The highest BCUT2D eigenvalue weighted by atomic mass is 16.6. The van der Waals surface area contributed by atoms with Crippen LogP contribution in [-0.4, -0.2) is 21.7 Å². The molecule has 0 unspecified atom stereocenters. The summed E-state index contributed by atoms with van der Waals surface area (Å²) in [5.41, 5.74) is -0.481. The smallest absolute Gasteiger partial charge is 0.297 e. The van der Waals surface area contributed by atoms with Gasteiger partial charge in [0.05, 0.1) is 17.5 Å². The average molecular weight is 264 g/mol. The summed E-state index contributed by atoms with van der Waals surface area (Å²) in [6.07, 6.45) is 0. The fourth-order valence-electron chi connectivity index (χ4n) is 2.09. The third kappa shape index (κ3) is 1.79. The van der Waals surface area contributed by atoms with Gasteiger partial charge in [0.1, 0.15) is 5.39 Å². The number of hydrogen-bond acceptors (Lipinski definition) is 5. The standard InChI is InChI=1S/C12H12N2O5/c1-3-13-7-5-4-6-8(14(17)18)9(7)10(15)11(19-2)12(13)16/h4-6,15H,3H2,1-2H3. The number of hydrogen-bond donors (Lipinski definition) is 1. The van der Waals surface area contributed by atoms with Crippen molar-refractivity contribution >= 4 is 16.6 Å². The summed E-state index contributed by atoms with van der Waals surface area (Å²) in [5, 5.41) is 21.1. The van der Waals surface area contributed by atoms with Crippen LogP contribution in [0.2, 0.25) is 0 Å². The second kappa shape index (κ2) is 4.60. The van der Waals surface area contributed by atoms with E-state index in [9.17, 15) is 20.0 Å². The van der Waals surface area contributed by atoms with Gasteiger partial charge in [0.2, 0.25) is 5.75 Å². The molecular weight excluding hydrogens is 252 g/mol. The van der Waals surface area contributed by atoms with Crippen molar-refractivity contribution in [3.63, 3.8) is 0 Å². The molecule has 1 heterocycles. The lowest BCUT2D eigenvalue weighted by atomic mass is 10.1. The molecule has 100 valence electrons. The van der Waals surface area contributed by atoms with Crippen molar-refractivity contribution in [1.82, 2.24) is 4.57 Å². The first-order valence-electron chi connectivity index (χ1n) is 5.59. The number of benzene rings is 1. The molecule has 0 radical (unpaired) electrons. The summed E-state index contributed by atoms with van der Waals surface area (Å²) >= 11 is 0. The molecule has 0 aliphatic rings. The molecule has 0 atom stereocenters. The van der Waals surface area contributed by atoms with Crippen LogP contribution < -0.4 is 10.3 Å². The van der Waals surface area contributed by atoms with Crippen LogP contribution in [0.4, 0.5) is 5.69 Å². The topological polar surface area (TPSA) is 94.6 Å². The number of aromatic hydroxyl groups is 1. The highest BCUT2D eigenvalue weighted by Crippen LogP contribution is 2.37. The van der Waals surface area contributed by atoms with Gasteiger partial charge in [-0.05, 0) is 13.0 Å². The molecule has 0 saturated carbocycles. The maximum absolute atomic E-state index is 12.1. The fraction of sp³-hybridized carbons (Fsp3) is 0.250. The monoisotopic (exact) mass is 264 g/mol. The number of rotatable bonds is 3. The Kier molecular flexibility index (Phi) is 3.12. The number of aryl methyl sites for hydroxylation is 1. The predicted molar refractivity (Wildman–Crippen MR) is 68.8 cm³/mol. The van der Waals surface area contributed by atoms with E-state index in [1.807, 2.05) is 0 Å². The van der Waals surface area contributed by atoms with E-state index in [2.05, 4.69) is 0 Å².